The minimum atomic E-state index is -0.685. The molecule has 3 N–H and O–H groups in total. The van der Waals surface area contributed by atoms with E-state index in [0.717, 1.165) is 11.1 Å². The van der Waals surface area contributed by atoms with Crippen LogP contribution >= 0.6 is 0 Å². The van der Waals surface area contributed by atoms with Crippen molar-refractivity contribution in [3.8, 4) is 6.07 Å². The quantitative estimate of drug-likeness (QED) is 0.756. The van der Waals surface area contributed by atoms with Crippen LogP contribution in [-0.4, -0.2) is 23.4 Å². The fourth-order valence-corrected chi connectivity index (χ4v) is 2.12. The normalized spacial score (nSPS) is 13.4. The van der Waals surface area contributed by atoms with Gasteiger partial charge in [0.05, 0.1) is 30.4 Å². The maximum atomic E-state index is 10.1. The van der Waals surface area contributed by atoms with Crippen LogP contribution in [0.4, 0.5) is 0 Å². The van der Waals surface area contributed by atoms with Gasteiger partial charge in [0, 0.05) is 6.54 Å². The first-order chi connectivity index (χ1) is 10.2. The van der Waals surface area contributed by atoms with Crippen LogP contribution < -0.4 is 5.32 Å². The molecule has 0 amide bonds. The fourth-order valence-electron chi connectivity index (χ4n) is 2.12. The molecule has 2 atom stereocenters. The van der Waals surface area contributed by atoms with Gasteiger partial charge in [-0.05, 0) is 23.3 Å². The van der Waals surface area contributed by atoms with Crippen molar-refractivity contribution in [2.24, 2.45) is 0 Å². The van der Waals surface area contributed by atoms with E-state index >= 15 is 0 Å². The van der Waals surface area contributed by atoms with Crippen molar-refractivity contribution < 1.29 is 10.2 Å². The van der Waals surface area contributed by atoms with E-state index in [0.29, 0.717) is 12.1 Å². The van der Waals surface area contributed by atoms with Crippen LogP contribution in [0.2, 0.25) is 0 Å². The molecule has 0 fully saturated rings. The molecule has 0 aliphatic rings. The van der Waals surface area contributed by atoms with Gasteiger partial charge < -0.3 is 15.5 Å². The van der Waals surface area contributed by atoms with Gasteiger partial charge in [-0.15, -0.1) is 0 Å². The third kappa shape index (κ3) is 4.14. The molecule has 2 rings (SSSR count). The first kappa shape index (κ1) is 15.2. The molecule has 2 unspecified atom stereocenters. The molecular formula is C17H18N2O2. The molecule has 0 saturated heterocycles. The predicted octanol–water partition coefficient (Wildman–Crippen LogP) is 1.91. The number of nitrogens with zero attached hydrogens (tertiary/aromatic N) is 1. The second-order valence-electron chi connectivity index (χ2n) is 4.80. The number of benzene rings is 2. The van der Waals surface area contributed by atoms with E-state index in [1.807, 2.05) is 36.4 Å². The molecule has 0 aliphatic carbocycles. The first-order valence-electron chi connectivity index (χ1n) is 6.82. The Kier molecular flexibility index (Phi) is 5.47. The number of hydrogen-bond acceptors (Lipinski definition) is 4. The summed E-state index contributed by atoms with van der Waals surface area (Å²) in [6.07, 6.45) is -0.685. The zero-order valence-corrected chi connectivity index (χ0v) is 11.6. The van der Waals surface area contributed by atoms with Gasteiger partial charge in [0.15, 0.2) is 0 Å². The zero-order valence-electron chi connectivity index (χ0n) is 11.6. The van der Waals surface area contributed by atoms with Crippen LogP contribution in [0.1, 0.15) is 28.8 Å². The molecule has 2 aromatic rings. The average molecular weight is 282 g/mol. The molecule has 0 spiro atoms. The van der Waals surface area contributed by atoms with Crippen molar-refractivity contribution >= 4 is 0 Å². The topological polar surface area (TPSA) is 76.3 Å². The Hall–Kier alpha value is -2.19. The van der Waals surface area contributed by atoms with Crippen LogP contribution in [0.3, 0.4) is 0 Å². The van der Waals surface area contributed by atoms with Gasteiger partial charge in [0.2, 0.25) is 0 Å². The minimum Gasteiger partial charge on any atom is -0.394 e. The third-order valence-corrected chi connectivity index (χ3v) is 3.37. The highest BCUT2D eigenvalue weighted by Crippen LogP contribution is 2.16. The van der Waals surface area contributed by atoms with Gasteiger partial charge in [-0.3, -0.25) is 0 Å². The summed E-state index contributed by atoms with van der Waals surface area (Å²) < 4.78 is 0. The van der Waals surface area contributed by atoms with Gasteiger partial charge in [0.1, 0.15) is 0 Å². The minimum absolute atomic E-state index is 0.0376. The average Bonchev–Trinajstić information content (AvgIpc) is 2.56. The van der Waals surface area contributed by atoms with E-state index in [1.165, 1.54) is 0 Å². The molecule has 108 valence electrons. The van der Waals surface area contributed by atoms with Crippen molar-refractivity contribution in [3.05, 3.63) is 71.3 Å². The van der Waals surface area contributed by atoms with E-state index in [9.17, 15) is 10.2 Å². The Bertz CT molecular complexity index is 590. The van der Waals surface area contributed by atoms with Crippen LogP contribution in [0.5, 0.6) is 0 Å². The highest BCUT2D eigenvalue weighted by Gasteiger charge is 2.13. The Morgan fingerprint density at radius 3 is 2.24 bits per heavy atom. The van der Waals surface area contributed by atoms with Crippen molar-refractivity contribution in [3.63, 3.8) is 0 Å². The number of aliphatic hydroxyl groups is 2. The number of aliphatic hydroxyl groups excluding tert-OH is 2. The lowest BCUT2D eigenvalue weighted by Gasteiger charge is -2.19. The highest BCUT2D eigenvalue weighted by atomic mass is 16.3. The van der Waals surface area contributed by atoms with Crippen molar-refractivity contribution in [1.82, 2.24) is 5.32 Å². The summed E-state index contributed by atoms with van der Waals surface area (Å²) in [4.78, 5) is 0. The molecule has 0 saturated carbocycles. The molecule has 0 heterocycles. The number of nitrogens with one attached hydrogen (secondary N) is 1. The zero-order chi connectivity index (χ0) is 15.1. The highest BCUT2D eigenvalue weighted by molar-refractivity contribution is 5.32. The molecule has 4 nitrogen and oxygen atoms in total. The number of nitriles is 1. The van der Waals surface area contributed by atoms with Gasteiger partial charge in [-0.2, -0.15) is 5.26 Å². The summed E-state index contributed by atoms with van der Waals surface area (Å²) in [5.74, 6) is 0. The van der Waals surface area contributed by atoms with Crippen molar-refractivity contribution in [2.45, 2.75) is 12.1 Å². The lowest BCUT2D eigenvalue weighted by molar-refractivity contribution is 0.159. The molecule has 0 aromatic heterocycles. The molecular weight excluding hydrogens is 264 g/mol. The number of rotatable bonds is 6. The maximum Gasteiger partial charge on any atom is 0.0991 e. The first-order valence-corrected chi connectivity index (χ1v) is 6.82. The smallest absolute Gasteiger partial charge is 0.0991 e. The van der Waals surface area contributed by atoms with Gasteiger partial charge in [-0.25, -0.2) is 0 Å². The maximum absolute atomic E-state index is 10.1. The van der Waals surface area contributed by atoms with Crippen LogP contribution in [-0.2, 0) is 0 Å². The van der Waals surface area contributed by atoms with E-state index in [4.69, 9.17) is 5.26 Å². The van der Waals surface area contributed by atoms with Gasteiger partial charge in [0.25, 0.3) is 0 Å². The summed E-state index contributed by atoms with van der Waals surface area (Å²) in [7, 11) is 0. The second-order valence-corrected chi connectivity index (χ2v) is 4.80. The Morgan fingerprint density at radius 1 is 1.00 bits per heavy atom. The van der Waals surface area contributed by atoms with E-state index in [1.54, 1.807) is 24.3 Å². The van der Waals surface area contributed by atoms with Crippen molar-refractivity contribution in [1.29, 1.82) is 5.26 Å². The van der Waals surface area contributed by atoms with Gasteiger partial charge in [-0.1, -0.05) is 42.5 Å². The SMILES string of the molecule is N#Cc1ccc(C(O)CNC(CO)c2ccccc2)cc1. The molecule has 2 aromatic carbocycles. The lowest BCUT2D eigenvalue weighted by atomic mass is 10.1. The Balaban J connectivity index is 1.96. The molecule has 0 bridgehead atoms. The van der Waals surface area contributed by atoms with Crippen LogP contribution in [0.25, 0.3) is 0 Å². The molecule has 4 heteroatoms. The predicted molar refractivity (Wildman–Crippen MR) is 80.4 cm³/mol. The standard InChI is InChI=1S/C17H18N2O2/c18-10-13-6-8-15(9-7-13)17(21)11-19-16(12-20)14-4-2-1-3-5-14/h1-9,16-17,19-21H,11-12H2. The van der Waals surface area contributed by atoms with Crippen LogP contribution in [0.15, 0.2) is 54.6 Å². The van der Waals surface area contributed by atoms with E-state index in [2.05, 4.69) is 5.32 Å². The lowest BCUT2D eigenvalue weighted by Crippen LogP contribution is -2.28. The Labute approximate surface area is 124 Å². The second kappa shape index (κ2) is 7.55. The fraction of sp³-hybridized carbons (Fsp3) is 0.235. The molecule has 21 heavy (non-hydrogen) atoms. The van der Waals surface area contributed by atoms with Crippen molar-refractivity contribution in [2.75, 3.05) is 13.2 Å². The molecule has 0 aliphatic heterocycles. The number of hydrogen-bond donors (Lipinski definition) is 3. The summed E-state index contributed by atoms with van der Waals surface area (Å²) in [5, 5.41) is 31.5. The molecule has 0 radical (unpaired) electrons. The van der Waals surface area contributed by atoms with Gasteiger partial charge >= 0.3 is 0 Å². The van der Waals surface area contributed by atoms with E-state index in [-0.39, 0.29) is 12.6 Å². The summed E-state index contributed by atoms with van der Waals surface area (Å²) in [6.45, 7) is 0.288. The summed E-state index contributed by atoms with van der Waals surface area (Å²) in [6, 6.07) is 18.3. The summed E-state index contributed by atoms with van der Waals surface area (Å²) >= 11 is 0. The van der Waals surface area contributed by atoms with E-state index < -0.39 is 6.10 Å². The van der Waals surface area contributed by atoms with Crippen LogP contribution in [0, 0.1) is 11.3 Å². The largest absolute Gasteiger partial charge is 0.394 e. The Morgan fingerprint density at radius 2 is 1.67 bits per heavy atom. The third-order valence-electron chi connectivity index (χ3n) is 3.37. The monoisotopic (exact) mass is 282 g/mol. The summed E-state index contributed by atoms with van der Waals surface area (Å²) in [5.41, 5.74) is 2.29.